The standard InChI is InChI=1S/C14H19NO2S/c1-18-11-14(16)17-10-12-7-8-15(9-12)13-5-3-2-4-6-13/h2-6,12H,7-11H2,1H3/t12-/m1/s1. The summed E-state index contributed by atoms with van der Waals surface area (Å²) < 4.78 is 5.26. The Kier molecular flexibility index (Phi) is 4.93. The molecule has 2 rings (SSSR count). The van der Waals surface area contributed by atoms with Gasteiger partial charge in [0.1, 0.15) is 0 Å². The first-order valence-corrected chi connectivity index (χ1v) is 7.63. The molecule has 18 heavy (non-hydrogen) atoms. The maximum absolute atomic E-state index is 11.3. The van der Waals surface area contributed by atoms with E-state index in [4.69, 9.17) is 4.74 Å². The Bertz CT molecular complexity index is 383. The minimum atomic E-state index is -0.0966. The second-order valence-corrected chi connectivity index (χ2v) is 5.42. The molecular formula is C14H19NO2S. The van der Waals surface area contributed by atoms with E-state index in [1.165, 1.54) is 17.4 Å². The first-order chi connectivity index (χ1) is 8.79. The number of anilines is 1. The third-order valence-electron chi connectivity index (χ3n) is 3.15. The van der Waals surface area contributed by atoms with Crippen molar-refractivity contribution in [2.75, 3.05) is 36.6 Å². The highest BCUT2D eigenvalue weighted by atomic mass is 32.2. The van der Waals surface area contributed by atoms with E-state index in [9.17, 15) is 4.79 Å². The molecule has 0 amide bonds. The van der Waals surface area contributed by atoms with Crippen LogP contribution in [0.1, 0.15) is 6.42 Å². The van der Waals surface area contributed by atoms with Gasteiger partial charge in [0.05, 0.1) is 12.4 Å². The molecule has 1 atom stereocenters. The second-order valence-electron chi connectivity index (χ2n) is 4.55. The average molecular weight is 265 g/mol. The van der Waals surface area contributed by atoms with Crippen molar-refractivity contribution in [1.29, 1.82) is 0 Å². The molecule has 0 aliphatic carbocycles. The number of para-hydroxylation sites is 1. The van der Waals surface area contributed by atoms with Crippen LogP contribution in [0.4, 0.5) is 5.69 Å². The van der Waals surface area contributed by atoms with Crippen molar-refractivity contribution in [2.24, 2.45) is 5.92 Å². The van der Waals surface area contributed by atoms with Crippen molar-refractivity contribution in [2.45, 2.75) is 6.42 Å². The van der Waals surface area contributed by atoms with Crippen LogP contribution >= 0.6 is 11.8 Å². The van der Waals surface area contributed by atoms with Crippen LogP contribution in [0.15, 0.2) is 30.3 Å². The van der Waals surface area contributed by atoms with Crippen LogP contribution in [0.25, 0.3) is 0 Å². The van der Waals surface area contributed by atoms with Gasteiger partial charge in [-0.05, 0) is 24.8 Å². The molecule has 0 bridgehead atoms. The predicted molar refractivity (Wildman–Crippen MR) is 76.1 cm³/mol. The van der Waals surface area contributed by atoms with Crippen molar-refractivity contribution < 1.29 is 9.53 Å². The molecule has 0 radical (unpaired) electrons. The highest BCUT2D eigenvalue weighted by Crippen LogP contribution is 2.23. The van der Waals surface area contributed by atoms with Crippen LogP contribution in [0.3, 0.4) is 0 Å². The summed E-state index contributed by atoms with van der Waals surface area (Å²) in [6, 6.07) is 10.4. The van der Waals surface area contributed by atoms with Crippen LogP contribution in [0, 0.1) is 5.92 Å². The molecule has 4 heteroatoms. The molecule has 0 aromatic heterocycles. The van der Waals surface area contributed by atoms with Gasteiger partial charge in [-0.3, -0.25) is 4.79 Å². The lowest BCUT2D eigenvalue weighted by Gasteiger charge is -2.18. The lowest BCUT2D eigenvalue weighted by Crippen LogP contribution is -2.22. The van der Waals surface area contributed by atoms with Gasteiger partial charge in [-0.15, -0.1) is 0 Å². The van der Waals surface area contributed by atoms with E-state index in [0.717, 1.165) is 19.5 Å². The molecule has 1 aliphatic rings. The maximum atomic E-state index is 11.3. The van der Waals surface area contributed by atoms with E-state index in [1.807, 2.05) is 12.3 Å². The molecule has 0 N–H and O–H groups in total. The third-order valence-corrected chi connectivity index (χ3v) is 3.67. The summed E-state index contributed by atoms with van der Waals surface area (Å²) in [5.41, 5.74) is 1.26. The summed E-state index contributed by atoms with van der Waals surface area (Å²) in [5, 5.41) is 0. The van der Waals surface area contributed by atoms with E-state index in [2.05, 4.69) is 29.2 Å². The maximum Gasteiger partial charge on any atom is 0.315 e. The lowest BCUT2D eigenvalue weighted by molar-refractivity contribution is -0.141. The Labute approximate surface area is 113 Å². The third kappa shape index (κ3) is 3.67. The zero-order valence-corrected chi connectivity index (χ0v) is 11.5. The smallest absolute Gasteiger partial charge is 0.315 e. The first-order valence-electron chi connectivity index (χ1n) is 6.24. The Morgan fingerprint density at radius 1 is 1.44 bits per heavy atom. The number of nitrogens with zero attached hydrogens (tertiary/aromatic N) is 1. The van der Waals surface area contributed by atoms with Crippen molar-refractivity contribution >= 4 is 23.4 Å². The molecule has 1 saturated heterocycles. The Hall–Kier alpha value is -1.16. The number of hydrogen-bond donors (Lipinski definition) is 0. The predicted octanol–water partition coefficient (Wildman–Crippen LogP) is 2.42. The van der Waals surface area contributed by atoms with Crippen LogP contribution in [0.5, 0.6) is 0 Å². The van der Waals surface area contributed by atoms with Gasteiger partial charge in [0, 0.05) is 24.7 Å². The van der Waals surface area contributed by atoms with Crippen LogP contribution in [-0.2, 0) is 9.53 Å². The van der Waals surface area contributed by atoms with Gasteiger partial charge in [0.2, 0.25) is 0 Å². The largest absolute Gasteiger partial charge is 0.465 e. The topological polar surface area (TPSA) is 29.5 Å². The molecule has 0 spiro atoms. The van der Waals surface area contributed by atoms with Crippen molar-refractivity contribution in [3.8, 4) is 0 Å². The fraction of sp³-hybridized carbons (Fsp3) is 0.500. The number of carbonyl (C=O) groups is 1. The van der Waals surface area contributed by atoms with Gasteiger partial charge < -0.3 is 9.64 Å². The first kappa shape index (κ1) is 13.3. The van der Waals surface area contributed by atoms with Gasteiger partial charge in [0.15, 0.2) is 0 Å². The summed E-state index contributed by atoms with van der Waals surface area (Å²) in [6.07, 6.45) is 3.01. The van der Waals surface area contributed by atoms with E-state index in [-0.39, 0.29) is 5.97 Å². The summed E-state index contributed by atoms with van der Waals surface area (Å²) in [7, 11) is 0. The number of carbonyl (C=O) groups excluding carboxylic acids is 1. The Morgan fingerprint density at radius 2 is 2.22 bits per heavy atom. The zero-order valence-electron chi connectivity index (χ0n) is 10.7. The molecular weight excluding hydrogens is 246 g/mol. The van der Waals surface area contributed by atoms with E-state index >= 15 is 0 Å². The SMILES string of the molecule is CSCC(=O)OC[C@@H]1CCN(c2ccccc2)C1. The van der Waals surface area contributed by atoms with E-state index in [1.54, 1.807) is 0 Å². The minimum Gasteiger partial charge on any atom is -0.465 e. The van der Waals surface area contributed by atoms with Crippen molar-refractivity contribution in [3.05, 3.63) is 30.3 Å². The number of esters is 1. The van der Waals surface area contributed by atoms with Crippen LogP contribution in [-0.4, -0.2) is 37.7 Å². The summed E-state index contributed by atoms with van der Waals surface area (Å²) >= 11 is 1.50. The second kappa shape index (κ2) is 6.69. The van der Waals surface area contributed by atoms with Crippen molar-refractivity contribution in [1.82, 2.24) is 0 Å². The zero-order chi connectivity index (χ0) is 12.8. The normalized spacial score (nSPS) is 18.9. The van der Waals surface area contributed by atoms with Crippen LogP contribution < -0.4 is 4.90 Å². The monoisotopic (exact) mass is 265 g/mol. The molecule has 1 aromatic rings. The van der Waals surface area contributed by atoms with Crippen molar-refractivity contribution in [3.63, 3.8) is 0 Å². The summed E-state index contributed by atoms with van der Waals surface area (Å²) in [6.45, 7) is 2.59. The molecule has 1 fully saturated rings. The fourth-order valence-electron chi connectivity index (χ4n) is 2.21. The van der Waals surface area contributed by atoms with Gasteiger partial charge in [0.25, 0.3) is 0 Å². The quantitative estimate of drug-likeness (QED) is 0.765. The van der Waals surface area contributed by atoms with E-state index in [0.29, 0.717) is 18.3 Å². The molecule has 1 heterocycles. The van der Waals surface area contributed by atoms with Crippen LogP contribution in [0.2, 0.25) is 0 Å². The van der Waals surface area contributed by atoms with Gasteiger partial charge in [-0.25, -0.2) is 0 Å². The number of thioether (sulfide) groups is 1. The molecule has 98 valence electrons. The van der Waals surface area contributed by atoms with Gasteiger partial charge >= 0.3 is 5.97 Å². The highest BCUT2D eigenvalue weighted by molar-refractivity contribution is 7.99. The van der Waals surface area contributed by atoms with Gasteiger partial charge in [-0.2, -0.15) is 11.8 Å². The number of hydrogen-bond acceptors (Lipinski definition) is 4. The summed E-state index contributed by atoms with van der Waals surface area (Å²) in [5.74, 6) is 0.825. The minimum absolute atomic E-state index is 0.0966. The number of benzene rings is 1. The van der Waals surface area contributed by atoms with E-state index < -0.39 is 0 Å². The summed E-state index contributed by atoms with van der Waals surface area (Å²) in [4.78, 5) is 13.6. The molecule has 0 unspecified atom stereocenters. The number of rotatable bonds is 5. The molecule has 3 nitrogen and oxygen atoms in total. The highest BCUT2D eigenvalue weighted by Gasteiger charge is 2.23. The Morgan fingerprint density at radius 3 is 2.94 bits per heavy atom. The fourth-order valence-corrected chi connectivity index (χ4v) is 2.53. The average Bonchev–Trinajstić information content (AvgIpc) is 2.87. The Balaban J connectivity index is 1.77. The van der Waals surface area contributed by atoms with Gasteiger partial charge in [-0.1, -0.05) is 18.2 Å². The molecule has 0 saturated carbocycles. The number of ether oxygens (including phenoxy) is 1. The lowest BCUT2D eigenvalue weighted by atomic mass is 10.1. The molecule has 1 aliphatic heterocycles. The molecule has 1 aromatic carbocycles.